The Morgan fingerprint density at radius 2 is 1.86 bits per heavy atom. The summed E-state index contributed by atoms with van der Waals surface area (Å²) in [6.07, 6.45) is 1.45. The number of rotatable bonds is 4. The molecule has 1 aromatic heterocycles. The Bertz CT molecular complexity index is 673. The minimum Gasteiger partial charge on any atom is -0.508 e. The molecule has 0 aliphatic rings. The highest BCUT2D eigenvalue weighted by molar-refractivity contribution is 9.10. The zero-order valence-electron chi connectivity index (χ0n) is 10.7. The highest BCUT2D eigenvalue weighted by atomic mass is 79.9. The van der Waals surface area contributed by atoms with Crippen LogP contribution >= 0.6 is 15.9 Å². The average Bonchev–Trinajstić information content (AvgIpc) is 2.45. The van der Waals surface area contributed by atoms with Crippen molar-refractivity contribution in [3.8, 4) is 5.75 Å². The summed E-state index contributed by atoms with van der Waals surface area (Å²) in [6.45, 7) is -0.507. The van der Waals surface area contributed by atoms with Crippen molar-refractivity contribution in [2.75, 3.05) is 11.4 Å². The second kappa shape index (κ2) is 6.36. The smallest absolute Gasteiger partial charge is 0.323 e. The molecule has 2 N–H and O–H groups in total. The highest BCUT2D eigenvalue weighted by Crippen LogP contribution is 2.22. The number of hydrogen-bond donors (Lipinski definition) is 2. The number of nitrogens with zero attached hydrogens (tertiary/aromatic N) is 2. The lowest BCUT2D eigenvalue weighted by Gasteiger charge is -2.21. The van der Waals surface area contributed by atoms with Gasteiger partial charge in [0.05, 0.1) is 0 Å². The van der Waals surface area contributed by atoms with Crippen molar-refractivity contribution in [1.82, 2.24) is 4.98 Å². The maximum absolute atomic E-state index is 12.5. The van der Waals surface area contributed by atoms with Crippen LogP contribution in [0.1, 0.15) is 10.5 Å². The second-order valence-electron chi connectivity index (χ2n) is 4.14. The van der Waals surface area contributed by atoms with E-state index in [0.29, 0.717) is 10.2 Å². The van der Waals surface area contributed by atoms with E-state index < -0.39 is 18.4 Å². The molecule has 0 spiro atoms. The number of phenols is 1. The van der Waals surface area contributed by atoms with Crippen molar-refractivity contribution in [1.29, 1.82) is 0 Å². The molecule has 0 saturated carbocycles. The molecule has 1 heterocycles. The van der Waals surface area contributed by atoms with Crippen LogP contribution in [-0.4, -0.2) is 33.6 Å². The monoisotopic (exact) mass is 350 g/mol. The molecular formula is C14H11BrN2O4. The molecule has 21 heavy (non-hydrogen) atoms. The van der Waals surface area contributed by atoms with Crippen molar-refractivity contribution >= 4 is 33.5 Å². The number of aliphatic carboxylic acids is 1. The number of carbonyl (C=O) groups is 2. The van der Waals surface area contributed by atoms with E-state index >= 15 is 0 Å². The summed E-state index contributed by atoms with van der Waals surface area (Å²) in [4.78, 5) is 28.5. The molecule has 0 fully saturated rings. The normalized spacial score (nSPS) is 10.1. The number of amides is 1. The molecule has 0 unspecified atom stereocenters. The summed E-state index contributed by atoms with van der Waals surface area (Å²) < 4.78 is 0.476. The number of aromatic nitrogens is 1. The number of phenolic OH excluding ortho intramolecular Hbond substituents is 1. The Kier molecular flexibility index (Phi) is 4.54. The van der Waals surface area contributed by atoms with E-state index in [2.05, 4.69) is 20.9 Å². The third-order valence-corrected chi connectivity index (χ3v) is 3.30. The fourth-order valence-corrected chi connectivity index (χ4v) is 2.14. The van der Waals surface area contributed by atoms with E-state index in [0.717, 1.165) is 4.90 Å². The number of hydrogen-bond acceptors (Lipinski definition) is 4. The van der Waals surface area contributed by atoms with Crippen molar-refractivity contribution in [3.63, 3.8) is 0 Å². The first-order chi connectivity index (χ1) is 9.99. The van der Waals surface area contributed by atoms with Gasteiger partial charge in [0.25, 0.3) is 5.91 Å². The van der Waals surface area contributed by atoms with Gasteiger partial charge in [-0.25, -0.2) is 4.98 Å². The summed E-state index contributed by atoms with van der Waals surface area (Å²) >= 11 is 3.22. The van der Waals surface area contributed by atoms with Crippen LogP contribution in [0.5, 0.6) is 5.75 Å². The van der Waals surface area contributed by atoms with Gasteiger partial charge in [-0.1, -0.05) is 0 Å². The summed E-state index contributed by atoms with van der Waals surface area (Å²) in [5, 5.41) is 18.3. The molecule has 0 saturated heterocycles. The fourth-order valence-electron chi connectivity index (χ4n) is 1.72. The summed E-state index contributed by atoms with van der Waals surface area (Å²) in [6, 6.07) is 8.99. The third kappa shape index (κ3) is 3.57. The minimum atomic E-state index is -1.15. The highest BCUT2D eigenvalue weighted by Gasteiger charge is 2.23. The van der Waals surface area contributed by atoms with Crippen LogP contribution in [0.3, 0.4) is 0 Å². The van der Waals surface area contributed by atoms with Crippen LogP contribution in [-0.2, 0) is 4.79 Å². The van der Waals surface area contributed by atoms with Gasteiger partial charge in [0.15, 0.2) is 0 Å². The molecule has 6 nitrogen and oxygen atoms in total. The Morgan fingerprint density at radius 1 is 1.19 bits per heavy atom. The lowest BCUT2D eigenvalue weighted by molar-refractivity contribution is -0.135. The third-order valence-electron chi connectivity index (χ3n) is 2.66. The SMILES string of the molecule is O=C(O)CN(C(=O)c1ncccc1Br)c1ccc(O)cc1. The van der Waals surface area contributed by atoms with Crippen molar-refractivity contribution < 1.29 is 19.8 Å². The molecule has 0 aliphatic carbocycles. The molecular weight excluding hydrogens is 340 g/mol. The van der Waals surface area contributed by atoms with E-state index in [1.807, 2.05) is 0 Å². The zero-order chi connectivity index (χ0) is 15.4. The molecule has 0 aliphatic heterocycles. The number of pyridine rings is 1. The maximum Gasteiger partial charge on any atom is 0.323 e. The van der Waals surface area contributed by atoms with Crippen molar-refractivity contribution in [2.24, 2.45) is 0 Å². The first-order valence-electron chi connectivity index (χ1n) is 5.92. The van der Waals surface area contributed by atoms with Crippen LogP contribution in [0.15, 0.2) is 47.1 Å². The molecule has 0 atom stereocenters. The molecule has 0 bridgehead atoms. The average molecular weight is 351 g/mol. The van der Waals surface area contributed by atoms with Gasteiger partial charge in [-0.3, -0.25) is 14.5 Å². The first-order valence-corrected chi connectivity index (χ1v) is 6.71. The molecule has 2 aromatic rings. The van der Waals surface area contributed by atoms with Gasteiger partial charge in [-0.05, 0) is 52.3 Å². The fraction of sp³-hybridized carbons (Fsp3) is 0.0714. The zero-order valence-corrected chi connectivity index (χ0v) is 12.3. The van der Waals surface area contributed by atoms with E-state index in [4.69, 9.17) is 5.11 Å². The summed E-state index contributed by atoms with van der Waals surface area (Å²) in [5.74, 6) is -1.67. The quantitative estimate of drug-likeness (QED) is 0.882. The van der Waals surface area contributed by atoms with Gasteiger partial charge >= 0.3 is 5.97 Å². The van der Waals surface area contributed by atoms with E-state index in [1.54, 1.807) is 12.1 Å². The summed E-state index contributed by atoms with van der Waals surface area (Å²) in [5.41, 5.74) is 0.476. The molecule has 1 amide bonds. The van der Waals surface area contributed by atoms with Gasteiger partial charge in [0.1, 0.15) is 18.0 Å². The molecule has 2 rings (SSSR count). The van der Waals surface area contributed by atoms with Crippen LogP contribution in [0.2, 0.25) is 0 Å². The van der Waals surface area contributed by atoms with Gasteiger partial charge < -0.3 is 10.2 Å². The van der Waals surface area contributed by atoms with Crippen molar-refractivity contribution in [3.05, 3.63) is 52.8 Å². The van der Waals surface area contributed by atoms with Crippen LogP contribution in [0.25, 0.3) is 0 Å². The minimum absolute atomic E-state index is 0.0282. The number of carbonyl (C=O) groups excluding carboxylic acids is 1. The maximum atomic E-state index is 12.5. The Balaban J connectivity index is 2.40. The second-order valence-corrected chi connectivity index (χ2v) is 4.99. The number of aromatic hydroxyl groups is 1. The number of halogens is 1. The predicted molar refractivity (Wildman–Crippen MR) is 79.4 cm³/mol. The van der Waals surface area contributed by atoms with Gasteiger partial charge in [0, 0.05) is 16.4 Å². The largest absolute Gasteiger partial charge is 0.508 e. The number of carboxylic acid groups (broad SMARTS) is 1. The molecule has 108 valence electrons. The Morgan fingerprint density at radius 3 is 2.43 bits per heavy atom. The van der Waals surface area contributed by atoms with E-state index in [9.17, 15) is 14.7 Å². The lowest BCUT2D eigenvalue weighted by atomic mass is 10.2. The van der Waals surface area contributed by atoms with Crippen LogP contribution in [0.4, 0.5) is 5.69 Å². The summed E-state index contributed by atoms with van der Waals surface area (Å²) in [7, 11) is 0. The van der Waals surface area contributed by atoms with Crippen molar-refractivity contribution in [2.45, 2.75) is 0 Å². The molecule has 0 radical (unpaired) electrons. The van der Waals surface area contributed by atoms with Crippen LogP contribution in [0, 0.1) is 0 Å². The lowest BCUT2D eigenvalue weighted by Crippen LogP contribution is -2.36. The predicted octanol–water partition coefficient (Wildman–Crippen LogP) is 2.28. The number of carboxylic acids is 1. The molecule has 7 heteroatoms. The number of benzene rings is 1. The van der Waals surface area contributed by atoms with Crippen LogP contribution < -0.4 is 4.90 Å². The molecule has 1 aromatic carbocycles. The Hall–Kier alpha value is -2.41. The van der Waals surface area contributed by atoms with Gasteiger partial charge in [0.2, 0.25) is 0 Å². The first kappa shape index (κ1) is 15.0. The van der Waals surface area contributed by atoms with E-state index in [-0.39, 0.29) is 11.4 Å². The van der Waals surface area contributed by atoms with E-state index in [1.165, 1.54) is 30.5 Å². The Labute approximate surface area is 128 Å². The van der Waals surface area contributed by atoms with Gasteiger partial charge in [-0.2, -0.15) is 0 Å². The standard InChI is InChI=1S/C14H11BrN2O4/c15-11-2-1-7-16-13(11)14(21)17(8-12(19)20)9-3-5-10(18)6-4-9/h1-7,18H,8H2,(H,19,20). The number of anilines is 1. The topological polar surface area (TPSA) is 90.7 Å². The van der Waals surface area contributed by atoms with Gasteiger partial charge in [-0.15, -0.1) is 0 Å².